The Bertz CT molecular complexity index is 1790. The quantitative estimate of drug-likeness (QED) is 0.306. The molecule has 236 valence electrons. The normalized spacial score (nSPS) is 21.4. The number of phenols is 1. The third kappa shape index (κ3) is 5.78. The van der Waals surface area contributed by atoms with Crippen molar-refractivity contribution < 1.29 is 32.9 Å². The van der Waals surface area contributed by atoms with Gasteiger partial charge in [0.15, 0.2) is 5.82 Å². The molecule has 7 rings (SSSR count). The van der Waals surface area contributed by atoms with Gasteiger partial charge in [0.05, 0.1) is 25.9 Å². The number of aliphatic hydroxyl groups excluding tert-OH is 1. The summed E-state index contributed by atoms with van der Waals surface area (Å²) in [5, 5.41) is 21.4. The number of piperidine rings is 1. The first-order valence-corrected chi connectivity index (χ1v) is 14.9. The first kappa shape index (κ1) is 30.7. The number of hydrogen-bond acceptors (Lipinski definition) is 9. The summed E-state index contributed by atoms with van der Waals surface area (Å²) in [4.78, 5) is 17.1. The summed E-state index contributed by atoms with van der Waals surface area (Å²) in [5.74, 6) is 0.921. The molecule has 12 heteroatoms. The highest BCUT2D eigenvalue weighted by atomic mass is 19.1. The van der Waals surface area contributed by atoms with Gasteiger partial charge in [0.1, 0.15) is 40.2 Å². The van der Waals surface area contributed by atoms with Gasteiger partial charge < -0.3 is 24.6 Å². The van der Waals surface area contributed by atoms with E-state index in [4.69, 9.17) is 15.9 Å². The second kappa shape index (κ2) is 12.6. The van der Waals surface area contributed by atoms with Crippen molar-refractivity contribution in [3.8, 4) is 41.2 Å². The van der Waals surface area contributed by atoms with Gasteiger partial charge in [0.2, 0.25) is 5.88 Å². The largest absolute Gasteiger partial charge is 0.508 e. The van der Waals surface area contributed by atoms with Crippen molar-refractivity contribution in [3.05, 3.63) is 41.5 Å². The van der Waals surface area contributed by atoms with E-state index in [1.165, 1.54) is 51.3 Å². The summed E-state index contributed by atoms with van der Waals surface area (Å²) in [5.41, 5.74) is -0.407. The van der Waals surface area contributed by atoms with Crippen LogP contribution < -0.4 is 14.4 Å². The molecule has 2 aromatic carbocycles. The minimum absolute atomic E-state index is 0.00858. The van der Waals surface area contributed by atoms with Gasteiger partial charge in [-0.25, -0.2) is 18.2 Å². The molecule has 4 aromatic rings. The second-order valence-corrected chi connectivity index (χ2v) is 11.6. The van der Waals surface area contributed by atoms with Crippen LogP contribution in [0.25, 0.3) is 32.9 Å². The van der Waals surface area contributed by atoms with Crippen LogP contribution in [0.2, 0.25) is 0 Å². The first-order valence-electron chi connectivity index (χ1n) is 14.9. The summed E-state index contributed by atoms with van der Waals surface area (Å²) in [7, 11) is 2.73. The van der Waals surface area contributed by atoms with E-state index >= 15 is 4.39 Å². The Kier molecular flexibility index (Phi) is 8.57. The van der Waals surface area contributed by atoms with E-state index in [1.54, 1.807) is 4.90 Å². The molecule has 2 aromatic heterocycles. The van der Waals surface area contributed by atoms with E-state index in [9.17, 15) is 19.0 Å². The Labute approximate surface area is 258 Å². The fourth-order valence-electron chi connectivity index (χ4n) is 6.68. The molecule has 0 saturated carbocycles. The summed E-state index contributed by atoms with van der Waals surface area (Å²) in [6.45, 7) is 2.71. The molecular formula is C33H34F3N5O4. The molecule has 0 bridgehead atoms. The van der Waals surface area contributed by atoms with Gasteiger partial charge in [0.25, 0.3) is 0 Å². The number of ether oxygens (including phenoxy) is 2. The number of hydrogen-bond donors (Lipinski definition) is 2. The average Bonchev–Trinajstić information content (AvgIpc) is 3.62. The summed E-state index contributed by atoms with van der Waals surface area (Å²) in [6.07, 6.45) is 9.17. The average molecular weight is 622 g/mol. The van der Waals surface area contributed by atoms with Crippen molar-refractivity contribution in [1.82, 2.24) is 19.9 Å². The number of aliphatic hydroxyl groups is 1. The monoisotopic (exact) mass is 621 g/mol. The molecule has 45 heavy (non-hydrogen) atoms. The maximum absolute atomic E-state index is 16.2. The zero-order valence-corrected chi connectivity index (χ0v) is 25.1. The van der Waals surface area contributed by atoms with Crippen LogP contribution >= 0.6 is 0 Å². The van der Waals surface area contributed by atoms with Crippen molar-refractivity contribution >= 4 is 27.5 Å². The fourth-order valence-corrected chi connectivity index (χ4v) is 6.68. The highest BCUT2D eigenvalue weighted by Gasteiger charge is 2.35. The highest BCUT2D eigenvalue weighted by Crippen LogP contribution is 2.42. The van der Waals surface area contributed by atoms with Crippen LogP contribution in [0, 0.1) is 24.0 Å². The van der Waals surface area contributed by atoms with Crippen LogP contribution in [-0.2, 0) is 0 Å². The Morgan fingerprint density at radius 2 is 1.80 bits per heavy atom. The molecule has 2 N–H and O–H groups in total. The van der Waals surface area contributed by atoms with E-state index in [0.717, 1.165) is 13.0 Å². The molecule has 0 amide bonds. The zero-order chi connectivity index (χ0) is 31.8. The molecule has 3 unspecified atom stereocenters. The first-order chi connectivity index (χ1) is 21.7. The molecule has 9 nitrogen and oxygen atoms in total. The third-order valence-corrected chi connectivity index (χ3v) is 8.70. The highest BCUT2D eigenvalue weighted by molar-refractivity contribution is 6.04. The number of phenolic OH excluding ortho intramolecular Hbond substituents is 1. The number of fused-ring (bicyclic) bond motifs is 3. The predicted octanol–water partition coefficient (Wildman–Crippen LogP) is 4.98. The number of pyridine rings is 1. The lowest BCUT2D eigenvalue weighted by atomic mass is 9.95. The third-order valence-electron chi connectivity index (χ3n) is 8.70. The summed E-state index contributed by atoms with van der Waals surface area (Å²) >= 11 is 0. The Morgan fingerprint density at radius 1 is 1.00 bits per heavy atom. The van der Waals surface area contributed by atoms with Gasteiger partial charge in [-0.05, 0) is 62.2 Å². The Hall–Kier alpha value is -4.34. The van der Waals surface area contributed by atoms with Crippen molar-refractivity contribution in [2.24, 2.45) is 0 Å². The predicted molar refractivity (Wildman–Crippen MR) is 164 cm³/mol. The zero-order valence-electron chi connectivity index (χ0n) is 25.1. The molecule has 0 radical (unpaired) electrons. The molecular weight excluding hydrogens is 587 g/mol. The van der Waals surface area contributed by atoms with Crippen molar-refractivity contribution in [2.45, 2.75) is 50.4 Å². The van der Waals surface area contributed by atoms with Crippen molar-refractivity contribution in [1.29, 1.82) is 0 Å². The number of β-amino-alcohol motifs (C(OH)–C–C–N with tert-alkyl or cyclic N) is 1. The summed E-state index contributed by atoms with van der Waals surface area (Å²) in [6, 6.07) is 5.81. The summed E-state index contributed by atoms with van der Waals surface area (Å²) < 4.78 is 54.2. The maximum atomic E-state index is 16.2. The lowest BCUT2D eigenvalue weighted by molar-refractivity contribution is 0.154. The Morgan fingerprint density at radius 3 is 2.51 bits per heavy atom. The number of aromatic hydroxyl groups is 1. The van der Waals surface area contributed by atoms with Crippen LogP contribution in [0.5, 0.6) is 17.6 Å². The Balaban J connectivity index is 0.000000337. The van der Waals surface area contributed by atoms with E-state index in [2.05, 4.69) is 25.8 Å². The van der Waals surface area contributed by atoms with Gasteiger partial charge in [0, 0.05) is 36.6 Å². The van der Waals surface area contributed by atoms with Crippen LogP contribution in [-0.4, -0.2) is 88.8 Å². The lowest BCUT2D eigenvalue weighted by Crippen LogP contribution is -2.39. The fraction of sp³-hybridized carbons (Fsp3) is 0.424. The van der Waals surface area contributed by atoms with Crippen LogP contribution in [0.3, 0.4) is 0 Å². The number of benzene rings is 2. The van der Waals surface area contributed by atoms with Crippen molar-refractivity contribution in [2.75, 3.05) is 45.3 Å². The van der Waals surface area contributed by atoms with Gasteiger partial charge in [-0.15, -0.1) is 6.42 Å². The minimum Gasteiger partial charge on any atom is -0.508 e. The lowest BCUT2D eigenvalue weighted by Gasteiger charge is -2.32. The van der Waals surface area contributed by atoms with Gasteiger partial charge in [-0.1, -0.05) is 12.0 Å². The number of methoxy groups -OCH3 is 2. The van der Waals surface area contributed by atoms with Gasteiger partial charge >= 0.3 is 6.01 Å². The number of anilines is 1. The molecule has 0 spiro atoms. The molecule has 3 aliphatic heterocycles. The van der Waals surface area contributed by atoms with Crippen LogP contribution in [0.1, 0.15) is 37.7 Å². The van der Waals surface area contributed by atoms with Gasteiger partial charge in [-0.3, -0.25) is 4.90 Å². The smallest absolute Gasteiger partial charge is 0.318 e. The number of aromatic nitrogens is 3. The molecule has 3 saturated heterocycles. The van der Waals surface area contributed by atoms with E-state index in [-0.39, 0.29) is 57.3 Å². The number of rotatable bonds is 4. The standard InChI is InChI=1S/C26H22F2N4O4.C7H12FN/c1-4-16-18(27)8-7-13-10-15(34)11-17(19(13)16)22-21(28)23-20(25(29-22)35-2)24(31-26(30-23)36-3)32-9-5-6-14(33)12-32;8-6-4-7-2-1-3-9(7)5-6/h1,7-8,10-11,14,33-34H,5-6,9,12H2,2-3H3;6-7H,1-5H2. The topological polar surface area (TPSA) is 104 Å². The number of alkyl halides is 1. The molecule has 3 aliphatic rings. The number of nitrogens with zero attached hydrogens (tertiary/aromatic N) is 5. The maximum Gasteiger partial charge on any atom is 0.318 e. The van der Waals surface area contributed by atoms with Crippen molar-refractivity contribution in [3.63, 3.8) is 0 Å². The second-order valence-electron chi connectivity index (χ2n) is 11.6. The number of terminal acetylenes is 1. The van der Waals surface area contributed by atoms with E-state index in [1.807, 2.05) is 0 Å². The molecule has 3 fully saturated rings. The molecule has 3 atom stereocenters. The number of halogens is 3. The molecule has 5 heterocycles. The van der Waals surface area contributed by atoms with Gasteiger partial charge in [-0.2, -0.15) is 9.97 Å². The van der Waals surface area contributed by atoms with E-state index < -0.39 is 23.9 Å². The minimum atomic E-state index is -0.857. The van der Waals surface area contributed by atoms with Crippen LogP contribution in [0.4, 0.5) is 19.0 Å². The SMILES string of the molecule is C#Cc1c(F)ccc2cc(O)cc(-c3nc(OC)c4c(N5CCCC(O)C5)nc(OC)nc4c3F)c12.FC1CC2CCCN2C1. The van der Waals surface area contributed by atoms with Crippen LogP contribution in [0.15, 0.2) is 24.3 Å². The van der Waals surface area contributed by atoms with E-state index in [0.29, 0.717) is 43.2 Å². The molecule has 0 aliphatic carbocycles.